The minimum atomic E-state index is -2.28. The molecule has 0 bridgehead atoms. The number of nitrogens with one attached hydrogen (secondary N) is 2. The Morgan fingerprint density at radius 1 is 0.930 bits per heavy atom. The molecule has 0 aromatic heterocycles. The van der Waals surface area contributed by atoms with Gasteiger partial charge in [0.25, 0.3) is 0 Å². The summed E-state index contributed by atoms with van der Waals surface area (Å²) in [6.45, 7) is 25.8. The Hall–Kier alpha value is -1.89. The van der Waals surface area contributed by atoms with E-state index in [1.807, 2.05) is 27.7 Å². The lowest BCUT2D eigenvalue weighted by Gasteiger charge is -2.48. The molecule has 0 radical (unpaired) electrons. The quantitative estimate of drug-likeness (QED) is 0.0481. The van der Waals surface area contributed by atoms with E-state index in [-0.39, 0.29) is 65.9 Å². The number of ether oxygens (including phenoxy) is 3. The molecule has 57 heavy (non-hydrogen) atoms. The second-order valence-corrected chi connectivity index (χ2v) is 24.3. The average Bonchev–Trinajstić information content (AvgIpc) is 3.13. The van der Waals surface area contributed by atoms with Gasteiger partial charge in [-0.1, -0.05) is 60.6 Å². The van der Waals surface area contributed by atoms with Gasteiger partial charge in [-0.15, -0.1) is 0 Å². The first-order valence-electron chi connectivity index (χ1n) is 22.4. The van der Waals surface area contributed by atoms with E-state index in [1.54, 1.807) is 12.2 Å². The zero-order valence-electron chi connectivity index (χ0n) is 37.9. The summed E-state index contributed by atoms with van der Waals surface area (Å²) in [6.07, 6.45) is 15.4. The number of aliphatic hydroxyl groups is 1. The second-order valence-electron chi connectivity index (χ2n) is 19.5. The lowest BCUT2D eigenvalue weighted by molar-refractivity contribution is -0.324. The van der Waals surface area contributed by atoms with Crippen molar-refractivity contribution in [1.29, 1.82) is 0 Å². The molecule has 11 heteroatoms. The molecule has 3 N–H and O–H groups in total. The Labute approximate surface area is 347 Å². The molecule has 2 amide bonds. The van der Waals surface area contributed by atoms with Gasteiger partial charge in [0.05, 0.1) is 49.0 Å². The zero-order valence-corrected chi connectivity index (χ0v) is 38.9. The van der Waals surface area contributed by atoms with Crippen molar-refractivity contribution in [3.05, 3.63) is 23.8 Å². The molecule has 3 heterocycles. The van der Waals surface area contributed by atoms with Crippen molar-refractivity contribution < 1.29 is 38.1 Å². The average molecular weight is 819 g/mol. The SMILES string of the molecule is C/C=C/C(=O)C[C@@H]1CC[C@H](C)[C@@H](CC(=O)NC[C@H](O[Si](C)(C)C(C)(C)C)[C@H](C)C(=O)NCCC[C@H]2O[C@@]3(CCC[C@@H](CC[C@H](C)/C=C(\C)[C@H](C)O)O3)CC[C@@H]2C)O1. The van der Waals surface area contributed by atoms with Crippen LogP contribution in [0.25, 0.3) is 0 Å². The second kappa shape index (κ2) is 22.6. The van der Waals surface area contributed by atoms with Gasteiger partial charge < -0.3 is 34.4 Å². The molecule has 11 atom stereocenters. The summed E-state index contributed by atoms with van der Waals surface area (Å²) in [4.78, 5) is 39.2. The Morgan fingerprint density at radius 2 is 1.63 bits per heavy atom. The number of carbonyl (C=O) groups excluding carboxylic acids is 3. The van der Waals surface area contributed by atoms with Crippen LogP contribution in [0, 0.1) is 23.7 Å². The standard InChI is InChI=1S/C46H82N2O8Si/c1-13-16-37(50)28-39-22-20-32(3)41(53-39)29-43(51)48-30-42(56-57(11,12)45(8,9)10)35(6)44(52)47-26-15-18-40-33(4)23-25-46(55-40)24-14-17-38(54-46)21-19-31(2)27-34(5)36(7)49/h13,16,27,31-33,35-36,38-42,49H,14-15,17-26,28-30H2,1-12H3,(H,47,52)(H,48,51)/b16-13+,34-27+/t31-,32-,33-,35-,36-,38-,39-,40+,41+,42-,46-/m0/s1. The van der Waals surface area contributed by atoms with Crippen molar-refractivity contribution in [2.45, 2.75) is 213 Å². The molecule has 3 fully saturated rings. The van der Waals surface area contributed by atoms with Gasteiger partial charge in [-0.05, 0) is 126 Å². The monoisotopic (exact) mass is 819 g/mol. The van der Waals surface area contributed by atoms with Crippen LogP contribution in [0.3, 0.4) is 0 Å². The summed E-state index contributed by atoms with van der Waals surface area (Å²) in [5, 5.41) is 16.1. The highest BCUT2D eigenvalue weighted by molar-refractivity contribution is 6.74. The minimum Gasteiger partial charge on any atom is -0.411 e. The maximum absolute atomic E-state index is 13.7. The Bertz CT molecular complexity index is 1340. The summed E-state index contributed by atoms with van der Waals surface area (Å²) in [5.74, 6) is -0.138. The summed E-state index contributed by atoms with van der Waals surface area (Å²) in [5.41, 5.74) is 1.02. The third-order valence-electron chi connectivity index (χ3n) is 13.4. The van der Waals surface area contributed by atoms with Crippen molar-refractivity contribution in [1.82, 2.24) is 10.6 Å². The summed E-state index contributed by atoms with van der Waals surface area (Å²) < 4.78 is 26.6. The Balaban J connectivity index is 1.53. The van der Waals surface area contributed by atoms with Crippen LogP contribution in [0.5, 0.6) is 0 Å². The van der Waals surface area contributed by atoms with E-state index in [2.05, 4.69) is 71.3 Å². The number of hydrogen-bond acceptors (Lipinski definition) is 8. The smallest absolute Gasteiger partial charge is 0.225 e. The van der Waals surface area contributed by atoms with Crippen LogP contribution in [0.15, 0.2) is 23.8 Å². The van der Waals surface area contributed by atoms with Crippen LogP contribution >= 0.6 is 0 Å². The third-order valence-corrected chi connectivity index (χ3v) is 17.9. The highest BCUT2D eigenvalue weighted by Gasteiger charge is 2.45. The fourth-order valence-electron chi connectivity index (χ4n) is 8.19. The molecule has 1 spiro atoms. The maximum atomic E-state index is 13.7. The van der Waals surface area contributed by atoms with E-state index < -0.39 is 32.2 Å². The van der Waals surface area contributed by atoms with Gasteiger partial charge in [0, 0.05) is 32.4 Å². The van der Waals surface area contributed by atoms with Gasteiger partial charge >= 0.3 is 0 Å². The number of allylic oxidation sites excluding steroid dienone is 3. The highest BCUT2D eigenvalue weighted by atomic mass is 28.4. The van der Waals surface area contributed by atoms with Crippen LogP contribution in [0.1, 0.15) is 153 Å². The number of aliphatic hydroxyl groups excluding tert-OH is 1. The molecule has 3 rings (SSSR count). The van der Waals surface area contributed by atoms with E-state index in [0.29, 0.717) is 24.8 Å². The van der Waals surface area contributed by atoms with Crippen LogP contribution in [-0.2, 0) is 33.0 Å². The first-order chi connectivity index (χ1) is 26.6. The summed E-state index contributed by atoms with van der Waals surface area (Å²) in [6, 6.07) is 0. The molecule has 0 saturated carbocycles. The molecule has 0 aliphatic carbocycles. The van der Waals surface area contributed by atoms with Crippen LogP contribution in [-0.4, -0.2) is 86.5 Å². The number of amides is 2. The molecular formula is C46H82N2O8Si. The lowest BCUT2D eigenvalue weighted by Crippen LogP contribution is -2.52. The van der Waals surface area contributed by atoms with Crippen LogP contribution in [0.4, 0.5) is 0 Å². The molecule has 3 aliphatic rings. The van der Waals surface area contributed by atoms with Gasteiger partial charge in [-0.25, -0.2) is 0 Å². The first kappa shape index (κ1) is 49.5. The van der Waals surface area contributed by atoms with Gasteiger partial charge in [-0.3, -0.25) is 14.4 Å². The molecule has 3 saturated heterocycles. The number of rotatable bonds is 20. The van der Waals surface area contributed by atoms with Crippen molar-refractivity contribution in [2.75, 3.05) is 13.1 Å². The Kier molecular flexibility index (Phi) is 19.6. The van der Waals surface area contributed by atoms with E-state index >= 15 is 0 Å². The third kappa shape index (κ3) is 15.9. The predicted octanol–water partition coefficient (Wildman–Crippen LogP) is 8.96. The van der Waals surface area contributed by atoms with E-state index in [1.165, 1.54) is 0 Å². The minimum absolute atomic E-state index is 0.0432. The van der Waals surface area contributed by atoms with E-state index in [9.17, 15) is 19.5 Å². The normalized spacial score (nSPS) is 29.8. The zero-order chi connectivity index (χ0) is 42.6. The topological polar surface area (TPSA) is 132 Å². The number of ketones is 1. The van der Waals surface area contributed by atoms with E-state index in [0.717, 1.165) is 76.2 Å². The van der Waals surface area contributed by atoms with Crippen molar-refractivity contribution >= 4 is 25.9 Å². The van der Waals surface area contributed by atoms with Crippen LogP contribution < -0.4 is 10.6 Å². The molecule has 10 nitrogen and oxygen atoms in total. The van der Waals surface area contributed by atoms with Gasteiger partial charge in [0.15, 0.2) is 19.9 Å². The summed E-state index contributed by atoms with van der Waals surface area (Å²) >= 11 is 0. The predicted molar refractivity (Wildman–Crippen MR) is 231 cm³/mol. The molecule has 328 valence electrons. The lowest BCUT2D eigenvalue weighted by atomic mass is 9.85. The Morgan fingerprint density at radius 3 is 2.30 bits per heavy atom. The van der Waals surface area contributed by atoms with Crippen LogP contribution in [0.2, 0.25) is 18.1 Å². The van der Waals surface area contributed by atoms with Crippen molar-refractivity contribution in [3.8, 4) is 0 Å². The van der Waals surface area contributed by atoms with E-state index in [4.69, 9.17) is 18.6 Å². The fourth-order valence-corrected chi connectivity index (χ4v) is 9.59. The maximum Gasteiger partial charge on any atom is 0.225 e. The molecular weight excluding hydrogens is 737 g/mol. The first-order valence-corrected chi connectivity index (χ1v) is 25.3. The summed E-state index contributed by atoms with van der Waals surface area (Å²) in [7, 11) is -2.28. The van der Waals surface area contributed by atoms with Gasteiger partial charge in [0.1, 0.15) is 0 Å². The van der Waals surface area contributed by atoms with Gasteiger partial charge in [-0.2, -0.15) is 0 Å². The largest absolute Gasteiger partial charge is 0.411 e. The number of hydrogen-bond donors (Lipinski definition) is 3. The fraction of sp³-hybridized carbons (Fsp3) is 0.848. The molecule has 0 aromatic carbocycles. The highest BCUT2D eigenvalue weighted by Crippen LogP contribution is 2.43. The van der Waals surface area contributed by atoms with Crippen molar-refractivity contribution in [3.63, 3.8) is 0 Å². The van der Waals surface area contributed by atoms with Gasteiger partial charge in [0.2, 0.25) is 11.8 Å². The molecule has 0 aromatic rings. The number of carbonyl (C=O) groups is 3. The molecule has 0 unspecified atom stereocenters. The molecule has 3 aliphatic heterocycles. The van der Waals surface area contributed by atoms with Crippen molar-refractivity contribution in [2.24, 2.45) is 23.7 Å².